The minimum atomic E-state index is -0.730. The molecule has 0 aromatic carbocycles. The quantitative estimate of drug-likeness (QED) is 0.481. The second kappa shape index (κ2) is 6.21. The van der Waals surface area contributed by atoms with Crippen molar-refractivity contribution in [2.45, 2.75) is 69.2 Å². The number of rotatable bonds is 2. The Labute approximate surface area is 155 Å². The minimum absolute atomic E-state index is 0. The monoisotopic (exact) mass is 396 g/mol. The van der Waals surface area contributed by atoms with Gasteiger partial charge in [0.25, 0.3) is 0 Å². The molecule has 0 aromatic rings. The van der Waals surface area contributed by atoms with Crippen molar-refractivity contribution in [1.82, 2.24) is 0 Å². The van der Waals surface area contributed by atoms with Gasteiger partial charge in [-0.25, -0.2) is 0 Å². The van der Waals surface area contributed by atoms with Crippen molar-refractivity contribution in [3.8, 4) is 0 Å². The van der Waals surface area contributed by atoms with E-state index in [-0.39, 0.29) is 23.2 Å². The molecule has 2 heteroatoms. The van der Waals surface area contributed by atoms with E-state index < -0.39 is 23.2 Å². The molecule has 2 aliphatic rings. The van der Waals surface area contributed by atoms with Gasteiger partial charge in [0.05, 0.1) is 0 Å². The molecule has 0 fully saturated rings. The standard InChI is InChI=1S/2C10H15.ClH.Zr/c2*1-7-6-10(4,5)9(3)8(7)2;;/h2*1-5H3;1H;. The fourth-order valence-corrected chi connectivity index (χ4v) is 8.73. The molecule has 0 atom stereocenters. The molecule has 22 heavy (non-hydrogen) atoms. The van der Waals surface area contributed by atoms with Crippen molar-refractivity contribution >= 4 is 12.4 Å². The maximum atomic E-state index is 2.43. The molecule has 2 aliphatic carbocycles. The first-order chi connectivity index (χ1) is 9.44. The van der Waals surface area contributed by atoms with Gasteiger partial charge in [0, 0.05) is 0 Å². The Hall–Kier alpha value is 0.133. The molecule has 0 aliphatic heterocycles. The molecule has 0 saturated carbocycles. The first kappa shape index (κ1) is 20.2. The number of halogens is 1. The van der Waals surface area contributed by atoms with E-state index in [1.807, 2.05) is 0 Å². The third-order valence-corrected chi connectivity index (χ3v) is 12.5. The zero-order chi connectivity index (χ0) is 16.3. The Morgan fingerprint density at radius 3 is 1.00 bits per heavy atom. The van der Waals surface area contributed by atoms with Crippen molar-refractivity contribution in [2.24, 2.45) is 10.8 Å². The Bertz CT molecular complexity index is 581. The van der Waals surface area contributed by atoms with Crippen LogP contribution in [0.1, 0.15) is 69.2 Å². The van der Waals surface area contributed by atoms with Crippen molar-refractivity contribution in [3.05, 3.63) is 40.0 Å². The van der Waals surface area contributed by atoms with Crippen LogP contribution < -0.4 is 0 Å². The van der Waals surface area contributed by atoms with Gasteiger partial charge in [-0.05, 0) is 0 Å². The Kier molecular flexibility index (Phi) is 5.70. The van der Waals surface area contributed by atoms with Crippen LogP contribution in [0.25, 0.3) is 0 Å². The van der Waals surface area contributed by atoms with Crippen LogP contribution in [0.15, 0.2) is 40.0 Å². The first-order valence-corrected chi connectivity index (χ1v) is 10.5. The Morgan fingerprint density at radius 1 is 0.545 bits per heavy atom. The third-order valence-electron chi connectivity index (χ3n) is 6.38. The predicted molar refractivity (Wildman–Crippen MR) is 97.0 cm³/mol. The molecule has 0 unspecified atom stereocenters. The summed E-state index contributed by atoms with van der Waals surface area (Å²) in [5.74, 6) is 0. The molecular weight excluding hydrogens is 367 g/mol. The molecule has 122 valence electrons. The van der Waals surface area contributed by atoms with E-state index in [1.54, 1.807) is 40.0 Å². The number of hydrogen-bond donors (Lipinski definition) is 0. The molecule has 0 nitrogen and oxygen atoms in total. The van der Waals surface area contributed by atoms with Gasteiger partial charge in [0.1, 0.15) is 0 Å². The fraction of sp³-hybridized carbons (Fsp3) is 0.600. The predicted octanol–water partition coefficient (Wildman–Crippen LogP) is 6.79. The first-order valence-electron chi connectivity index (χ1n) is 8.00. The number of allylic oxidation sites excluding steroid dienone is 8. The average molecular weight is 398 g/mol. The smallest absolute Gasteiger partial charge is 0.147 e. The van der Waals surface area contributed by atoms with E-state index >= 15 is 0 Å². The van der Waals surface area contributed by atoms with Crippen LogP contribution in [0.3, 0.4) is 0 Å². The van der Waals surface area contributed by atoms with Gasteiger partial charge in [-0.15, -0.1) is 12.4 Å². The van der Waals surface area contributed by atoms with E-state index in [9.17, 15) is 0 Å². The maximum absolute atomic E-state index is 2.43. The molecule has 2 rings (SSSR count). The Balaban J connectivity index is 0.00000242. The molecule has 0 saturated heterocycles. The molecule has 0 bridgehead atoms. The van der Waals surface area contributed by atoms with Crippen LogP contribution in [0, 0.1) is 10.8 Å². The van der Waals surface area contributed by atoms with Gasteiger partial charge in [0.2, 0.25) is 0 Å². The van der Waals surface area contributed by atoms with Gasteiger partial charge in [0.15, 0.2) is 0 Å². The van der Waals surface area contributed by atoms with Gasteiger partial charge in [-0.3, -0.25) is 0 Å². The van der Waals surface area contributed by atoms with Gasteiger partial charge in [-0.2, -0.15) is 0 Å². The third kappa shape index (κ3) is 2.71. The second-order valence-corrected chi connectivity index (χ2v) is 10.9. The summed E-state index contributed by atoms with van der Waals surface area (Å²) < 4.78 is 3.59. The summed E-state index contributed by atoms with van der Waals surface area (Å²) >= 11 is -0.730. The SMILES string of the molecule is CC1=C(C)C(C)(C)[C]([Zr][C]2=C(C)C(C)=C(C)C2(C)C)=C1C.Cl. The normalized spacial score (nSPS) is 23.5. The van der Waals surface area contributed by atoms with Crippen LogP contribution in [-0.4, -0.2) is 0 Å². The molecular formula is C20H31ClZr. The molecule has 0 N–H and O–H groups in total. The van der Waals surface area contributed by atoms with Crippen molar-refractivity contribution in [3.63, 3.8) is 0 Å². The summed E-state index contributed by atoms with van der Waals surface area (Å²) in [4.78, 5) is 0. The van der Waals surface area contributed by atoms with Crippen molar-refractivity contribution in [2.75, 3.05) is 0 Å². The summed E-state index contributed by atoms with van der Waals surface area (Å²) in [6, 6.07) is 0. The van der Waals surface area contributed by atoms with Crippen LogP contribution in [0.2, 0.25) is 0 Å². The van der Waals surface area contributed by atoms with E-state index in [1.165, 1.54) is 0 Å². The fourth-order valence-electron chi connectivity index (χ4n) is 3.81. The van der Waals surface area contributed by atoms with Gasteiger partial charge < -0.3 is 0 Å². The maximum Gasteiger partial charge on any atom is -0.147 e. The summed E-state index contributed by atoms with van der Waals surface area (Å²) in [6.45, 7) is 23.7. The van der Waals surface area contributed by atoms with Gasteiger partial charge >= 0.3 is 143 Å². The second-order valence-electron chi connectivity index (χ2n) is 7.88. The molecule has 0 aromatic heterocycles. The molecule has 0 heterocycles. The van der Waals surface area contributed by atoms with E-state index in [4.69, 9.17) is 0 Å². The van der Waals surface area contributed by atoms with Gasteiger partial charge in [-0.1, -0.05) is 0 Å². The molecule has 0 amide bonds. The zero-order valence-electron chi connectivity index (χ0n) is 15.9. The zero-order valence-corrected chi connectivity index (χ0v) is 19.2. The van der Waals surface area contributed by atoms with Crippen LogP contribution >= 0.6 is 12.4 Å². The van der Waals surface area contributed by atoms with Crippen molar-refractivity contribution in [1.29, 1.82) is 0 Å². The summed E-state index contributed by atoms with van der Waals surface area (Å²) in [5, 5.41) is 0. The molecule has 0 radical (unpaired) electrons. The minimum Gasteiger partial charge on any atom is -0.147 e. The van der Waals surface area contributed by atoms with E-state index in [0.717, 1.165) is 0 Å². The average Bonchev–Trinajstić information content (AvgIpc) is 2.63. The van der Waals surface area contributed by atoms with Crippen molar-refractivity contribution < 1.29 is 23.2 Å². The van der Waals surface area contributed by atoms with Crippen LogP contribution in [0.5, 0.6) is 0 Å². The topological polar surface area (TPSA) is 0 Å². The summed E-state index contributed by atoms with van der Waals surface area (Å²) in [5.41, 5.74) is 10.0. The molecule has 0 spiro atoms. The number of hydrogen-bond acceptors (Lipinski definition) is 0. The van der Waals surface area contributed by atoms with E-state index in [0.29, 0.717) is 0 Å². The largest absolute Gasteiger partial charge is 0.147 e. The summed E-state index contributed by atoms with van der Waals surface area (Å²) in [7, 11) is 0. The van der Waals surface area contributed by atoms with Crippen LogP contribution in [-0.2, 0) is 23.2 Å². The van der Waals surface area contributed by atoms with Crippen LogP contribution in [0.4, 0.5) is 0 Å². The summed E-state index contributed by atoms with van der Waals surface area (Å²) in [6.07, 6.45) is 0. The van der Waals surface area contributed by atoms with E-state index in [2.05, 4.69) is 69.2 Å². The Morgan fingerprint density at radius 2 is 0.818 bits per heavy atom.